The van der Waals surface area contributed by atoms with E-state index in [1.807, 2.05) is 6.92 Å². The van der Waals surface area contributed by atoms with Crippen LogP contribution in [0.15, 0.2) is 52.7 Å². The van der Waals surface area contributed by atoms with E-state index in [1.165, 1.54) is 12.3 Å². The smallest absolute Gasteiger partial charge is 0.417 e. The predicted molar refractivity (Wildman–Crippen MR) is 101 cm³/mol. The highest BCUT2D eigenvalue weighted by atomic mass is 79.9. The van der Waals surface area contributed by atoms with Crippen molar-refractivity contribution >= 4 is 28.0 Å². The van der Waals surface area contributed by atoms with Crippen molar-refractivity contribution in [2.45, 2.75) is 13.1 Å². The van der Waals surface area contributed by atoms with Crippen LogP contribution in [-0.2, 0) is 6.18 Å². The SMILES string of the molecule is C=CCOc1cc(Br)c(/C=N\Nc2ccc(C(F)(F)F)cn2)cc1OCC. The zero-order valence-electron chi connectivity index (χ0n) is 14.4. The van der Waals surface area contributed by atoms with Gasteiger partial charge in [-0.15, -0.1) is 0 Å². The largest absolute Gasteiger partial charge is 0.490 e. The number of halogens is 4. The normalized spacial score (nSPS) is 11.4. The molecule has 1 aromatic carbocycles. The number of alkyl halides is 3. The summed E-state index contributed by atoms with van der Waals surface area (Å²) in [5.74, 6) is 1.28. The first-order valence-electron chi connectivity index (χ1n) is 7.87. The van der Waals surface area contributed by atoms with E-state index in [9.17, 15) is 13.2 Å². The van der Waals surface area contributed by atoms with Crippen LogP contribution in [0.1, 0.15) is 18.1 Å². The van der Waals surface area contributed by atoms with E-state index in [1.54, 1.807) is 18.2 Å². The van der Waals surface area contributed by atoms with Crippen molar-refractivity contribution in [1.82, 2.24) is 4.98 Å². The van der Waals surface area contributed by atoms with Gasteiger partial charge in [0.25, 0.3) is 0 Å². The van der Waals surface area contributed by atoms with Gasteiger partial charge in [-0.1, -0.05) is 12.7 Å². The highest BCUT2D eigenvalue weighted by Crippen LogP contribution is 2.33. The summed E-state index contributed by atoms with van der Waals surface area (Å²) < 4.78 is 49.4. The molecule has 0 saturated heterocycles. The zero-order valence-corrected chi connectivity index (χ0v) is 16.0. The number of nitrogens with zero attached hydrogens (tertiary/aromatic N) is 2. The van der Waals surface area contributed by atoms with Gasteiger partial charge in [0.1, 0.15) is 12.4 Å². The van der Waals surface area contributed by atoms with Crippen LogP contribution < -0.4 is 14.9 Å². The Morgan fingerprint density at radius 3 is 2.59 bits per heavy atom. The summed E-state index contributed by atoms with van der Waals surface area (Å²) in [5, 5.41) is 4.00. The van der Waals surface area contributed by atoms with Crippen molar-refractivity contribution in [2.24, 2.45) is 5.10 Å². The molecule has 1 heterocycles. The molecule has 0 fully saturated rings. The van der Waals surface area contributed by atoms with Gasteiger partial charge in [0.2, 0.25) is 0 Å². The van der Waals surface area contributed by atoms with Crippen LogP contribution in [0.3, 0.4) is 0 Å². The maximum absolute atomic E-state index is 12.5. The molecule has 5 nitrogen and oxygen atoms in total. The zero-order chi connectivity index (χ0) is 19.9. The van der Waals surface area contributed by atoms with Crippen LogP contribution in [0.25, 0.3) is 0 Å². The van der Waals surface area contributed by atoms with E-state index in [4.69, 9.17) is 9.47 Å². The number of hydrazone groups is 1. The number of pyridine rings is 1. The minimum absolute atomic E-state index is 0.186. The highest BCUT2D eigenvalue weighted by molar-refractivity contribution is 9.10. The highest BCUT2D eigenvalue weighted by Gasteiger charge is 2.30. The third-order valence-electron chi connectivity index (χ3n) is 3.19. The van der Waals surface area contributed by atoms with Gasteiger partial charge >= 0.3 is 6.18 Å². The molecule has 0 aliphatic heterocycles. The monoisotopic (exact) mass is 443 g/mol. The molecule has 2 aromatic rings. The molecule has 9 heteroatoms. The number of hydrogen-bond donors (Lipinski definition) is 1. The molecule has 0 saturated carbocycles. The Labute approximate surface area is 163 Å². The molecular formula is C18H17BrF3N3O2. The van der Waals surface area contributed by atoms with E-state index in [0.29, 0.717) is 34.7 Å². The quantitative estimate of drug-likeness (QED) is 0.342. The summed E-state index contributed by atoms with van der Waals surface area (Å²) in [6, 6.07) is 5.61. The van der Waals surface area contributed by atoms with Gasteiger partial charge in [-0.25, -0.2) is 4.98 Å². The Hall–Kier alpha value is -2.55. The molecule has 0 bridgehead atoms. The topological polar surface area (TPSA) is 55.7 Å². The molecule has 0 unspecified atom stereocenters. The van der Waals surface area contributed by atoms with E-state index in [0.717, 1.165) is 12.3 Å². The van der Waals surface area contributed by atoms with E-state index < -0.39 is 11.7 Å². The van der Waals surface area contributed by atoms with Gasteiger partial charge in [-0.2, -0.15) is 18.3 Å². The van der Waals surface area contributed by atoms with Crippen LogP contribution in [-0.4, -0.2) is 24.4 Å². The lowest BCUT2D eigenvalue weighted by Gasteiger charge is -2.12. The fraction of sp³-hybridized carbons (Fsp3) is 0.222. The Morgan fingerprint density at radius 2 is 2.00 bits per heavy atom. The van der Waals surface area contributed by atoms with Crippen molar-refractivity contribution in [2.75, 3.05) is 18.6 Å². The van der Waals surface area contributed by atoms with Crippen LogP contribution >= 0.6 is 15.9 Å². The minimum Gasteiger partial charge on any atom is -0.490 e. The first kappa shape index (κ1) is 20.8. The number of anilines is 1. The lowest BCUT2D eigenvalue weighted by atomic mass is 10.2. The molecule has 0 radical (unpaired) electrons. The Kier molecular flexibility index (Phi) is 7.23. The maximum atomic E-state index is 12.5. The number of nitrogens with one attached hydrogen (secondary N) is 1. The fourth-order valence-electron chi connectivity index (χ4n) is 1.98. The van der Waals surface area contributed by atoms with E-state index in [-0.39, 0.29) is 5.82 Å². The summed E-state index contributed by atoms with van der Waals surface area (Å²) in [7, 11) is 0. The lowest BCUT2D eigenvalue weighted by molar-refractivity contribution is -0.137. The van der Waals surface area contributed by atoms with Crippen molar-refractivity contribution < 1.29 is 22.6 Å². The van der Waals surface area contributed by atoms with Crippen molar-refractivity contribution in [3.63, 3.8) is 0 Å². The lowest BCUT2D eigenvalue weighted by Crippen LogP contribution is -2.05. The predicted octanol–water partition coefficient (Wildman–Crippen LogP) is 5.27. The summed E-state index contributed by atoms with van der Waals surface area (Å²) in [6.07, 6.45) is -0.569. The van der Waals surface area contributed by atoms with Gasteiger partial charge in [0.05, 0.1) is 18.4 Å². The molecule has 1 aromatic heterocycles. The van der Waals surface area contributed by atoms with E-state index in [2.05, 4.69) is 38.0 Å². The summed E-state index contributed by atoms with van der Waals surface area (Å²) >= 11 is 3.42. The van der Waals surface area contributed by atoms with Crippen molar-refractivity contribution in [3.05, 3.63) is 58.7 Å². The second kappa shape index (κ2) is 9.40. The average Bonchev–Trinajstić information content (AvgIpc) is 2.62. The first-order valence-corrected chi connectivity index (χ1v) is 8.66. The number of benzene rings is 1. The third-order valence-corrected chi connectivity index (χ3v) is 3.88. The number of aromatic nitrogens is 1. The molecule has 0 spiro atoms. The van der Waals surface area contributed by atoms with Gasteiger partial charge in [-0.3, -0.25) is 5.43 Å². The molecular weight excluding hydrogens is 427 g/mol. The second-order valence-corrected chi connectivity index (χ2v) is 6.01. The van der Waals surface area contributed by atoms with Crippen LogP contribution in [0.4, 0.5) is 19.0 Å². The average molecular weight is 444 g/mol. The maximum Gasteiger partial charge on any atom is 0.417 e. The Morgan fingerprint density at radius 1 is 1.26 bits per heavy atom. The molecule has 0 amide bonds. The van der Waals surface area contributed by atoms with Gasteiger partial charge in [0.15, 0.2) is 11.5 Å². The summed E-state index contributed by atoms with van der Waals surface area (Å²) in [6.45, 7) is 6.25. The second-order valence-electron chi connectivity index (χ2n) is 5.15. The minimum atomic E-state index is -4.43. The number of hydrogen-bond acceptors (Lipinski definition) is 5. The summed E-state index contributed by atoms with van der Waals surface area (Å²) in [4.78, 5) is 3.68. The first-order chi connectivity index (χ1) is 12.8. The fourth-order valence-corrected chi connectivity index (χ4v) is 2.40. The molecule has 27 heavy (non-hydrogen) atoms. The number of rotatable bonds is 8. The molecule has 1 N–H and O–H groups in total. The Balaban J connectivity index is 2.13. The summed E-state index contributed by atoms with van der Waals surface area (Å²) in [5.41, 5.74) is 2.45. The molecule has 0 atom stereocenters. The van der Waals surface area contributed by atoms with Crippen molar-refractivity contribution in [3.8, 4) is 11.5 Å². The van der Waals surface area contributed by atoms with Gasteiger partial charge < -0.3 is 9.47 Å². The van der Waals surface area contributed by atoms with Crippen LogP contribution in [0.5, 0.6) is 11.5 Å². The molecule has 0 aliphatic rings. The van der Waals surface area contributed by atoms with Crippen LogP contribution in [0.2, 0.25) is 0 Å². The van der Waals surface area contributed by atoms with E-state index >= 15 is 0 Å². The third kappa shape index (κ3) is 5.99. The molecule has 144 valence electrons. The number of ether oxygens (including phenoxy) is 2. The molecule has 2 rings (SSSR count). The Bertz CT molecular complexity index is 809. The van der Waals surface area contributed by atoms with Gasteiger partial charge in [-0.05, 0) is 47.1 Å². The van der Waals surface area contributed by atoms with Gasteiger partial charge in [0, 0.05) is 16.2 Å². The molecule has 0 aliphatic carbocycles. The standard InChI is InChI=1S/C18H17BrF3N3O2/c1-3-7-27-16-9-14(19)12(8-15(16)26-4-2)10-24-25-17-6-5-13(11-23-17)18(20,21)22/h3,5-6,8-11H,1,4,7H2,2H3,(H,23,25)/b24-10-. The van der Waals surface area contributed by atoms with Crippen molar-refractivity contribution in [1.29, 1.82) is 0 Å². The van der Waals surface area contributed by atoms with Crippen LogP contribution in [0, 0.1) is 0 Å².